The molecule has 0 aliphatic carbocycles. The van der Waals surface area contributed by atoms with Gasteiger partial charge in [-0.15, -0.1) is 0 Å². The monoisotopic (exact) mass is 321 g/mol. The van der Waals surface area contributed by atoms with E-state index in [4.69, 9.17) is 4.74 Å². The van der Waals surface area contributed by atoms with E-state index in [9.17, 15) is 9.59 Å². The van der Waals surface area contributed by atoms with Crippen molar-refractivity contribution in [3.63, 3.8) is 0 Å². The maximum absolute atomic E-state index is 12.8. The largest absolute Gasteiger partial charge is 0.451 e. The summed E-state index contributed by atoms with van der Waals surface area (Å²) in [5.41, 5.74) is 3.76. The Labute approximate surface area is 140 Å². The minimum absolute atomic E-state index is 0.203. The number of para-hydroxylation sites is 1. The predicted molar refractivity (Wildman–Crippen MR) is 93.4 cm³/mol. The number of fused-ring (bicyclic) bond motifs is 1. The van der Waals surface area contributed by atoms with Gasteiger partial charge < -0.3 is 9.72 Å². The van der Waals surface area contributed by atoms with Crippen molar-refractivity contribution in [1.29, 1.82) is 0 Å². The highest BCUT2D eigenvalue weighted by molar-refractivity contribution is 6.11. The highest BCUT2D eigenvalue weighted by Crippen LogP contribution is 2.24. The number of Topliss-reactive ketones (excluding diaryl/α,β-unsaturated/α-hetero) is 1. The van der Waals surface area contributed by atoms with Gasteiger partial charge in [0.05, 0.1) is 5.56 Å². The molecule has 4 heteroatoms. The van der Waals surface area contributed by atoms with Crippen LogP contribution in [-0.2, 0) is 4.74 Å². The first-order valence-electron chi connectivity index (χ1n) is 7.86. The van der Waals surface area contributed by atoms with Gasteiger partial charge in [-0.2, -0.15) is 0 Å². The molecule has 24 heavy (non-hydrogen) atoms. The van der Waals surface area contributed by atoms with Crippen LogP contribution in [0.25, 0.3) is 10.9 Å². The van der Waals surface area contributed by atoms with Crippen LogP contribution in [0.2, 0.25) is 0 Å². The number of benzene rings is 2. The summed E-state index contributed by atoms with van der Waals surface area (Å²) in [4.78, 5) is 28.2. The van der Waals surface area contributed by atoms with E-state index in [0.717, 1.165) is 22.2 Å². The normalized spacial score (nSPS) is 12.1. The van der Waals surface area contributed by atoms with E-state index in [1.165, 1.54) is 0 Å². The maximum atomic E-state index is 12.8. The van der Waals surface area contributed by atoms with E-state index in [1.807, 2.05) is 50.2 Å². The third-order valence-electron chi connectivity index (χ3n) is 4.08. The third-order valence-corrected chi connectivity index (χ3v) is 4.08. The number of aromatic nitrogens is 1. The summed E-state index contributed by atoms with van der Waals surface area (Å²) in [6.45, 7) is 5.40. The van der Waals surface area contributed by atoms with Gasteiger partial charge in [-0.05, 0) is 39.0 Å². The average Bonchev–Trinajstić information content (AvgIpc) is 2.90. The first-order chi connectivity index (χ1) is 11.5. The highest BCUT2D eigenvalue weighted by atomic mass is 16.5. The van der Waals surface area contributed by atoms with E-state index >= 15 is 0 Å². The van der Waals surface area contributed by atoms with E-state index in [0.29, 0.717) is 11.1 Å². The number of ether oxygens (including phenoxy) is 1. The van der Waals surface area contributed by atoms with Crippen LogP contribution in [0.4, 0.5) is 0 Å². The predicted octanol–water partition coefficient (Wildman–Crippen LogP) is 4.21. The Kier molecular flexibility index (Phi) is 4.21. The standard InChI is InChI=1S/C20H19NO3/c1-12-8-10-15(11-9-12)20(23)24-14(3)19(22)18-13(2)21-17-7-5-4-6-16(17)18/h4-11,14,21H,1-3H3. The number of H-pyrrole nitrogens is 1. The average molecular weight is 321 g/mol. The Morgan fingerprint density at radius 1 is 1.00 bits per heavy atom. The van der Waals surface area contributed by atoms with Crippen molar-refractivity contribution >= 4 is 22.7 Å². The first-order valence-corrected chi connectivity index (χ1v) is 7.86. The second-order valence-electron chi connectivity index (χ2n) is 5.95. The molecule has 0 saturated heterocycles. The lowest BCUT2D eigenvalue weighted by Crippen LogP contribution is -2.24. The van der Waals surface area contributed by atoms with E-state index in [-0.39, 0.29) is 5.78 Å². The molecule has 0 aliphatic heterocycles. The summed E-state index contributed by atoms with van der Waals surface area (Å²) in [5.74, 6) is -0.696. The van der Waals surface area contributed by atoms with Crippen molar-refractivity contribution < 1.29 is 14.3 Å². The fourth-order valence-corrected chi connectivity index (χ4v) is 2.77. The molecule has 4 nitrogen and oxygen atoms in total. The molecule has 1 heterocycles. The molecule has 1 unspecified atom stereocenters. The van der Waals surface area contributed by atoms with E-state index in [2.05, 4.69) is 4.98 Å². The van der Waals surface area contributed by atoms with Gasteiger partial charge in [0.1, 0.15) is 0 Å². The van der Waals surface area contributed by atoms with Gasteiger partial charge in [-0.3, -0.25) is 4.79 Å². The number of ketones is 1. The Morgan fingerprint density at radius 3 is 2.38 bits per heavy atom. The van der Waals surface area contributed by atoms with Crippen LogP contribution < -0.4 is 0 Å². The molecular weight excluding hydrogens is 302 g/mol. The molecule has 1 atom stereocenters. The molecule has 0 amide bonds. The number of carbonyl (C=O) groups excluding carboxylic acids is 2. The topological polar surface area (TPSA) is 59.2 Å². The van der Waals surface area contributed by atoms with Crippen LogP contribution in [0.1, 0.15) is 38.9 Å². The van der Waals surface area contributed by atoms with Gasteiger partial charge in [0, 0.05) is 22.2 Å². The second kappa shape index (κ2) is 6.32. The Hall–Kier alpha value is -2.88. The molecule has 0 bridgehead atoms. The number of nitrogens with one attached hydrogen (secondary N) is 1. The molecule has 0 aliphatic rings. The maximum Gasteiger partial charge on any atom is 0.338 e. The molecule has 0 saturated carbocycles. The fourth-order valence-electron chi connectivity index (χ4n) is 2.77. The molecule has 2 aromatic carbocycles. The Morgan fingerprint density at radius 2 is 1.67 bits per heavy atom. The van der Waals surface area contributed by atoms with Gasteiger partial charge in [-0.1, -0.05) is 35.9 Å². The summed E-state index contributed by atoms with van der Waals surface area (Å²) in [6.07, 6.45) is -0.850. The molecular formula is C20H19NO3. The summed E-state index contributed by atoms with van der Waals surface area (Å²) in [6, 6.07) is 14.7. The number of aromatic amines is 1. The van der Waals surface area contributed by atoms with Crippen molar-refractivity contribution in [2.45, 2.75) is 26.9 Å². The Bertz CT molecular complexity index is 906. The molecule has 3 rings (SSSR count). The molecule has 0 radical (unpaired) electrons. The van der Waals surface area contributed by atoms with Gasteiger partial charge >= 0.3 is 5.97 Å². The van der Waals surface area contributed by atoms with Crippen molar-refractivity contribution in [2.24, 2.45) is 0 Å². The minimum atomic E-state index is -0.850. The number of aryl methyl sites for hydroxylation is 2. The van der Waals surface area contributed by atoms with E-state index in [1.54, 1.807) is 19.1 Å². The van der Waals surface area contributed by atoms with E-state index < -0.39 is 12.1 Å². The molecule has 0 spiro atoms. The van der Waals surface area contributed by atoms with Crippen LogP contribution in [0, 0.1) is 13.8 Å². The van der Waals surface area contributed by atoms with Crippen molar-refractivity contribution in [3.8, 4) is 0 Å². The highest BCUT2D eigenvalue weighted by Gasteiger charge is 2.24. The second-order valence-corrected chi connectivity index (χ2v) is 5.95. The summed E-state index contributed by atoms with van der Waals surface area (Å²) in [5, 5.41) is 0.846. The number of rotatable bonds is 4. The number of esters is 1. The van der Waals surface area contributed by atoms with Gasteiger partial charge in [0.25, 0.3) is 0 Å². The zero-order valence-corrected chi connectivity index (χ0v) is 13.9. The van der Waals surface area contributed by atoms with Gasteiger partial charge in [0.2, 0.25) is 5.78 Å². The van der Waals surface area contributed by atoms with Crippen LogP contribution in [0.3, 0.4) is 0 Å². The third kappa shape index (κ3) is 2.95. The van der Waals surface area contributed by atoms with Gasteiger partial charge in [-0.25, -0.2) is 4.79 Å². The summed E-state index contributed by atoms with van der Waals surface area (Å²) < 4.78 is 5.36. The van der Waals surface area contributed by atoms with Crippen molar-refractivity contribution in [2.75, 3.05) is 0 Å². The molecule has 0 fully saturated rings. The zero-order valence-electron chi connectivity index (χ0n) is 13.9. The number of carbonyl (C=O) groups is 2. The quantitative estimate of drug-likeness (QED) is 0.578. The lowest BCUT2D eigenvalue weighted by atomic mass is 10.0. The number of hydrogen-bond donors (Lipinski definition) is 1. The number of hydrogen-bond acceptors (Lipinski definition) is 3. The molecule has 1 N–H and O–H groups in total. The SMILES string of the molecule is Cc1ccc(C(=O)OC(C)C(=O)c2c(C)[nH]c3ccccc23)cc1. The lowest BCUT2D eigenvalue weighted by Gasteiger charge is -2.13. The lowest BCUT2D eigenvalue weighted by molar-refractivity contribution is 0.0319. The molecule has 3 aromatic rings. The Balaban J connectivity index is 1.82. The minimum Gasteiger partial charge on any atom is -0.451 e. The first kappa shape index (κ1) is 16.0. The van der Waals surface area contributed by atoms with Crippen LogP contribution in [0.5, 0.6) is 0 Å². The summed E-state index contributed by atoms with van der Waals surface area (Å²) in [7, 11) is 0. The van der Waals surface area contributed by atoms with Crippen LogP contribution in [0.15, 0.2) is 48.5 Å². The fraction of sp³-hybridized carbons (Fsp3) is 0.200. The van der Waals surface area contributed by atoms with Crippen LogP contribution in [-0.4, -0.2) is 22.8 Å². The van der Waals surface area contributed by atoms with Crippen LogP contribution >= 0.6 is 0 Å². The smallest absolute Gasteiger partial charge is 0.338 e. The molecule has 1 aromatic heterocycles. The summed E-state index contributed by atoms with van der Waals surface area (Å²) >= 11 is 0. The zero-order chi connectivity index (χ0) is 17.3. The van der Waals surface area contributed by atoms with Gasteiger partial charge in [0.15, 0.2) is 6.10 Å². The van der Waals surface area contributed by atoms with Crippen molar-refractivity contribution in [1.82, 2.24) is 4.98 Å². The van der Waals surface area contributed by atoms with Crippen molar-refractivity contribution in [3.05, 3.63) is 70.9 Å². The molecule has 122 valence electrons.